The highest BCUT2D eigenvalue weighted by Crippen LogP contribution is 2.26. The summed E-state index contributed by atoms with van der Waals surface area (Å²) < 4.78 is 8.15. The fraction of sp³-hybridized carbons (Fsp3) is 0.333. The summed E-state index contributed by atoms with van der Waals surface area (Å²) in [5.74, 6) is 0.876. The van der Waals surface area contributed by atoms with Crippen molar-refractivity contribution in [3.63, 3.8) is 0 Å². The highest BCUT2D eigenvalue weighted by atomic mass is 79.9. The van der Waals surface area contributed by atoms with Crippen LogP contribution in [0.3, 0.4) is 0 Å². The number of nitrogens with zero attached hydrogens (tertiary/aromatic N) is 3. The van der Waals surface area contributed by atoms with Gasteiger partial charge in [-0.05, 0) is 18.6 Å². The molecule has 2 rings (SSSR count). The van der Waals surface area contributed by atoms with Crippen molar-refractivity contribution in [1.29, 1.82) is 0 Å². The van der Waals surface area contributed by atoms with Gasteiger partial charge in [-0.25, -0.2) is 0 Å². The molecule has 2 aromatic rings. The molecule has 0 radical (unpaired) electrons. The molecule has 1 heterocycles. The number of benzene rings is 1. The van der Waals surface area contributed by atoms with Gasteiger partial charge in [-0.1, -0.05) is 28.1 Å². The van der Waals surface area contributed by atoms with Crippen LogP contribution < -0.4 is 0 Å². The largest absolute Gasteiger partial charge is 0.383 e. The van der Waals surface area contributed by atoms with E-state index in [1.165, 1.54) is 5.56 Å². The van der Waals surface area contributed by atoms with Crippen LogP contribution >= 0.6 is 15.9 Å². The lowest BCUT2D eigenvalue weighted by atomic mass is 10.1. The van der Waals surface area contributed by atoms with E-state index in [4.69, 9.17) is 4.74 Å². The Morgan fingerprint density at radius 2 is 2.24 bits per heavy atom. The van der Waals surface area contributed by atoms with Crippen LogP contribution in [0.1, 0.15) is 5.56 Å². The molecule has 0 atom stereocenters. The summed E-state index contributed by atoms with van der Waals surface area (Å²) >= 11 is 3.53. The number of hydrogen-bond donors (Lipinski definition) is 0. The van der Waals surface area contributed by atoms with E-state index in [1.54, 1.807) is 13.4 Å². The molecule has 0 bridgehead atoms. The van der Waals surface area contributed by atoms with E-state index in [9.17, 15) is 0 Å². The van der Waals surface area contributed by atoms with Crippen molar-refractivity contribution in [3.05, 3.63) is 34.6 Å². The van der Waals surface area contributed by atoms with Crippen molar-refractivity contribution in [2.75, 3.05) is 13.7 Å². The van der Waals surface area contributed by atoms with Crippen molar-refractivity contribution in [1.82, 2.24) is 14.8 Å². The monoisotopic (exact) mass is 295 g/mol. The maximum atomic E-state index is 5.07. The summed E-state index contributed by atoms with van der Waals surface area (Å²) in [6.45, 7) is 3.47. The molecule has 0 saturated carbocycles. The van der Waals surface area contributed by atoms with E-state index >= 15 is 0 Å². The lowest BCUT2D eigenvalue weighted by Crippen LogP contribution is -2.05. The number of halogens is 1. The third-order valence-corrected chi connectivity index (χ3v) is 3.52. The van der Waals surface area contributed by atoms with Crippen LogP contribution in [-0.2, 0) is 11.3 Å². The van der Waals surface area contributed by atoms with Crippen molar-refractivity contribution < 1.29 is 4.74 Å². The standard InChI is InChI=1S/C12H14BrN3O/c1-9-10(4-3-5-11(9)13)12-15-14-8-16(12)6-7-17-2/h3-5,8H,6-7H2,1-2H3. The molecule has 4 nitrogen and oxygen atoms in total. The molecular weight excluding hydrogens is 282 g/mol. The Morgan fingerprint density at radius 3 is 3.00 bits per heavy atom. The van der Waals surface area contributed by atoms with Gasteiger partial charge in [0.25, 0.3) is 0 Å². The third kappa shape index (κ3) is 2.56. The normalized spacial score (nSPS) is 10.8. The molecule has 0 fully saturated rings. The van der Waals surface area contributed by atoms with Gasteiger partial charge < -0.3 is 9.30 Å². The van der Waals surface area contributed by atoms with E-state index in [1.807, 2.05) is 22.8 Å². The van der Waals surface area contributed by atoms with Crippen molar-refractivity contribution >= 4 is 15.9 Å². The van der Waals surface area contributed by atoms with Gasteiger partial charge in [0.15, 0.2) is 5.82 Å². The lowest BCUT2D eigenvalue weighted by molar-refractivity contribution is 0.187. The zero-order chi connectivity index (χ0) is 12.3. The highest BCUT2D eigenvalue weighted by Gasteiger charge is 2.10. The van der Waals surface area contributed by atoms with Gasteiger partial charge in [0.1, 0.15) is 6.33 Å². The Morgan fingerprint density at radius 1 is 1.41 bits per heavy atom. The smallest absolute Gasteiger partial charge is 0.164 e. The minimum Gasteiger partial charge on any atom is -0.383 e. The third-order valence-electron chi connectivity index (χ3n) is 2.66. The minimum absolute atomic E-state index is 0.651. The van der Waals surface area contributed by atoms with E-state index in [2.05, 4.69) is 33.1 Å². The maximum absolute atomic E-state index is 5.07. The number of hydrogen-bond acceptors (Lipinski definition) is 3. The Labute approximate surface area is 109 Å². The molecule has 0 saturated heterocycles. The Balaban J connectivity index is 2.39. The second kappa shape index (κ2) is 5.42. The molecule has 0 aliphatic rings. The topological polar surface area (TPSA) is 39.9 Å². The van der Waals surface area contributed by atoms with E-state index < -0.39 is 0 Å². The predicted octanol–water partition coefficient (Wildman–Crippen LogP) is 2.66. The molecule has 0 unspecified atom stereocenters. The summed E-state index contributed by atoms with van der Waals surface area (Å²) in [6.07, 6.45) is 1.73. The molecule has 17 heavy (non-hydrogen) atoms. The number of methoxy groups -OCH3 is 1. The number of ether oxygens (including phenoxy) is 1. The summed E-state index contributed by atoms with van der Waals surface area (Å²) in [4.78, 5) is 0. The first kappa shape index (κ1) is 12.3. The van der Waals surface area contributed by atoms with Gasteiger partial charge in [-0.2, -0.15) is 0 Å². The average Bonchev–Trinajstić information content (AvgIpc) is 2.78. The van der Waals surface area contributed by atoms with Gasteiger partial charge in [-0.3, -0.25) is 0 Å². The fourth-order valence-electron chi connectivity index (χ4n) is 1.67. The summed E-state index contributed by atoms with van der Waals surface area (Å²) in [5, 5.41) is 8.14. The minimum atomic E-state index is 0.651. The summed E-state index contributed by atoms with van der Waals surface area (Å²) in [7, 11) is 1.69. The van der Waals surface area contributed by atoms with Crippen molar-refractivity contribution in [2.45, 2.75) is 13.5 Å². The molecule has 0 spiro atoms. The lowest BCUT2D eigenvalue weighted by Gasteiger charge is -2.09. The highest BCUT2D eigenvalue weighted by molar-refractivity contribution is 9.10. The zero-order valence-corrected chi connectivity index (χ0v) is 11.4. The number of rotatable bonds is 4. The van der Waals surface area contributed by atoms with Crippen LogP contribution in [0.2, 0.25) is 0 Å². The van der Waals surface area contributed by atoms with Crippen LogP contribution in [0.15, 0.2) is 29.0 Å². The molecule has 0 amide bonds. The number of aromatic nitrogens is 3. The van der Waals surface area contributed by atoms with Gasteiger partial charge in [0, 0.05) is 23.7 Å². The Kier molecular flexibility index (Phi) is 3.91. The van der Waals surface area contributed by atoms with E-state index in [-0.39, 0.29) is 0 Å². The second-order valence-electron chi connectivity index (χ2n) is 3.75. The van der Waals surface area contributed by atoms with Gasteiger partial charge in [0.2, 0.25) is 0 Å². The molecule has 0 aliphatic carbocycles. The second-order valence-corrected chi connectivity index (χ2v) is 4.61. The molecule has 0 N–H and O–H groups in total. The summed E-state index contributed by atoms with van der Waals surface area (Å²) in [6, 6.07) is 6.07. The maximum Gasteiger partial charge on any atom is 0.164 e. The summed E-state index contributed by atoms with van der Waals surface area (Å²) in [5.41, 5.74) is 2.26. The van der Waals surface area contributed by atoms with Gasteiger partial charge in [-0.15, -0.1) is 10.2 Å². The van der Waals surface area contributed by atoms with Crippen LogP contribution in [0, 0.1) is 6.92 Å². The van der Waals surface area contributed by atoms with Gasteiger partial charge in [0.05, 0.1) is 6.61 Å². The Hall–Kier alpha value is -1.20. The zero-order valence-electron chi connectivity index (χ0n) is 9.85. The molecule has 5 heteroatoms. The average molecular weight is 296 g/mol. The quantitative estimate of drug-likeness (QED) is 0.871. The predicted molar refractivity (Wildman–Crippen MR) is 69.8 cm³/mol. The van der Waals surface area contributed by atoms with E-state index in [0.717, 1.165) is 22.4 Å². The molecule has 0 aliphatic heterocycles. The van der Waals surface area contributed by atoms with Crippen LogP contribution in [0.4, 0.5) is 0 Å². The van der Waals surface area contributed by atoms with Gasteiger partial charge >= 0.3 is 0 Å². The fourth-order valence-corrected chi connectivity index (χ4v) is 2.03. The SMILES string of the molecule is COCCn1cnnc1-c1cccc(Br)c1C. The Bertz CT molecular complexity index is 510. The molecule has 1 aromatic heterocycles. The first-order valence-electron chi connectivity index (χ1n) is 5.36. The van der Waals surface area contributed by atoms with Crippen LogP contribution in [-0.4, -0.2) is 28.5 Å². The van der Waals surface area contributed by atoms with E-state index in [0.29, 0.717) is 6.61 Å². The molecule has 90 valence electrons. The van der Waals surface area contributed by atoms with Crippen molar-refractivity contribution in [3.8, 4) is 11.4 Å². The molecular formula is C12H14BrN3O. The van der Waals surface area contributed by atoms with Crippen LogP contribution in [0.5, 0.6) is 0 Å². The first-order chi connectivity index (χ1) is 8.24. The molecule has 1 aromatic carbocycles. The van der Waals surface area contributed by atoms with Crippen molar-refractivity contribution in [2.24, 2.45) is 0 Å². The van der Waals surface area contributed by atoms with Crippen LogP contribution in [0.25, 0.3) is 11.4 Å². The first-order valence-corrected chi connectivity index (χ1v) is 6.15.